The van der Waals surface area contributed by atoms with Crippen molar-refractivity contribution >= 4 is 28.8 Å². The summed E-state index contributed by atoms with van der Waals surface area (Å²) in [5, 5.41) is 28.1. The van der Waals surface area contributed by atoms with Crippen LogP contribution in [0.3, 0.4) is 0 Å². The van der Waals surface area contributed by atoms with Gasteiger partial charge in [0.25, 0.3) is 6.47 Å². The molecule has 12 aromatic rings. The number of methoxy groups -OCH3 is 1. The van der Waals surface area contributed by atoms with E-state index in [9.17, 15) is 10.2 Å². The van der Waals surface area contributed by atoms with Crippen LogP contribution in [-0.2, 0) is 20.5 Å². The largest absolute Gasteiger partial charge is 1.00 e. The first kappa shape index (κ1) is 70.0. The Hall–Kier alpha value is -8.50. The zero-order chi connectivity index (χ0) is 67.1. The number of phenols is 2. The van der Waals surface area contributed by atoms with E-state index in [-0.39, 0.29) is 134 Å². The van der Waals surface area contributed by atoms with Crippen LogP contribution >= 0.6 is 0 Å². The van der Waals surface area contributed by atoms with Crippen LogP contribution in [0.5, 0.6) is 23.0 Å². The molecule has 0 heterocycles. The summed E-state index contributed by atoms with van der Waals surface area (Å²) in [6.07, 6.45) is 9.42. The molecule has 0 saturated carbocycles. The summed E-state index contributed by atoms with van der Waals surface area (Å²) in [7, 11) is 1.72. The summed E-state index contributed by atoms with van der Waals surface area (Å²) in [4.78, 5) is 11.2. The number of fused-ring (bicyclic) bond motifs is 10. The molecule has 0 aliphatic heterocycles. The molecule has 4 unspecified atom stereocenters. The van der Waals surface area contributed by atoms with E-state index >= 15 is 0 Å². The van der Waals surface area contributed by atoms with Crippen molar-refractivity contribution in [3.8, 4) is 45.3 Å². The van der Waals surface area contributed by atoms with E-state index in [1.807, 2.05) is 24.3 Å². The average Bonchev–Trinajstić information content (AvgIpc) is 1.56. The second-order valence-corrected chi connectivity index (χ2v) is 25.8. The molecular weight excluding hydrogens is 1280 g/mol. The Bertz CT molecular complexity index is 4950. The first-order valence-corrected chi connectivity index (χ1v) is 33.4. The smallest absolute Gasteiger partial charge is 1.00 e. The van der Waals surface area contributed by atoms with Gasteiger partial charge >= 0.3 is 103 Å². The van der Waals surface area contributed by atoms with E-state index in [4.69, 9.17) is 19.5 Å². The second-order valence-electron chi connectivity index (χ2n) is 25.8. The number of carbonyl (C=O) groups excluding carboxylic acids is 1. The van der Waals surface area contributed by atoms with E-state index in [0.717, 1.165) is 22.6 Å². The van der Waals surface area contributed by atoms with E-state index in [2.05, 4.69) is 293 Å². The first-order valence-electron chi connectivity index (χ1n) is 33.4. The van der Waals surface area contributed by atoms with Crippen molar-refractivity contribution in [2.75, 3.05) is 7.11 Å². The third kappa shape index (κ3) is 12.3. The van der Waals surface area contributed by atoms with Crippen LogP contribution in [0.15, 0.2) is 315 Å². The van der Waals surface area contributed by atoms with Gasteiger partial charge in [-0.15, -0.1) is 0 Å². The Balaban J connectivity index is 0.000000151. The van der Waals surface area contributed by atoms with E-state index < -0.39 is 10.8 Å². The number of carbonyl (C=O) groups is 1. The molecule has 6 aliphatic carbocycles. The third-order valence-corrected chi connectivity index (χ3v) is 20.6. The summed E-state index contributed by atoms with van der Waals surface area (Å²) in [6, 6.07) is 102. The zero-order valence-corrected chi connectivity index (χ0v) is 63.1. The Morgan fingerprint density at radius 2 is 0.700 bits per heavy atom. The molecule has 4 atom stereocenters. The third-order valence-electron chi connectivity index (χ3n) is 20.6. The quantitative estimate of drug-likeness (QED) is 0.0608. The molecule has 7 nitrogen and oxygen atoms in total. The van der Waals surface area contributed by atoms with Gasteiger partial charge < -0.3 is 31.3 Å². The van der Waals surface area contributed by atoms with E-state index in [1.54, 1.807) is 31.4 Å². The summed E-state index contributed by atoms with van der Waals surface area (Å²) >= 11 is 0. The molecule has 12 aromatic carbocycles. The van der Waals surface area contributed by atoms with Gasteiger partial charge in [0.1, 0.15) is 29.1 Å². The Morgan fingerprint density at radius 1 is 0.380 bits per heavy atom. The van der Waals surface area contributed by atoms with E-state index in [1.165, 1.54) is 122 Å². The molecule has 2 N–H and O–H groups in total. The molecule has 0 bridgehead atoms. The molecule has 6 aliphatic rings. The van der Waals surface area contributed by atoms with Gasteiger partial charge in [-0.2, -0.15) is 0 Å². The number of benzene rings is 12. The minimum absolute atomic E-state index is 0. The van der Waals surface area contributed by atoms with Crippen molar-refractivity contribution in [2.45, 2.75) is 55.5 Å². The fourth-order valence-corrected chi connectivity index (χ4v) is 16.4. The minimum Gasteiger partial charge on any atom is -1.00 e. The van der Waals surface area contributed by atoms with Crippen LogP contribution in [0.25, 0.3) is 44.5 Å². The molecule has 480 valence electrons. The van der Waals surface area contributed by atoms with Gasteiger partial charge in [-0.05, 0) is 190 Å². The second kappa shape index (κ2) is 30.0. The van der Waals surface area contributed by atoms with Gasteiger partial charge in [0, 0.05) is 23.3 Å². The standard InChI is InChI=1S/C45H34O2.C25H18O2.C20H18.CH2O3.2K.H/c1-29-27-40(35-12-4-3-11-34(29)35)41-28-44(39-16-6-5-13-36(39)41)47-33-25-21-31(22-26-33)45(30-19-23-32(46-2)24-20-30)42-17-9-7-14-37(42)38-15-8-10-18-43(38)45;26-19-13-9-17(10-14-19)25(18-11-15-20(27)16-12-18)23-7-3-1-5-21(23)22-6-2-4-8-24(22)25;1-13-11-19(17-9-5-3-7-15(13)17)20-12-14(2)16-8-4-6-10-18(16)20;2-1-4-3;;;/h3-28,40,44H,1-2H3;1-16,26-27H;3-14H,1-2H3;1,3H;;;/q;;;;2*+1;-1/p-1. The summed E-state index contributed by atoms with van der Waals surface area (Å²) in [5.74, 6) is 3.47. The van der Waals surface area contributed by atoms with Gasteiger partial charge in [-0.3, -0.25) is 4.79 Å². The monoisotopic (exact) mass is 1350 g/mol. The van der Waals surface area contributed by atoms with Crippen molar-refractivity contribution in [3.05, 3.63) is 405 Å². The van der Waals surface area contributed by atoms with Gasteiger partial charge in [-0.1, -0.05) is 275 Å². The predicted molar refractivity (Wildman–Crippen MR) is 392 cm³/mol. The topological polar surface area (TPSA) is 108 Å². The van der Waals surface area contributed by atoms with Crippen LogP contribution in [0, 0.1) is 0 Å². The van der Waals surface area contributed by atoms with Crippen LogP contribution < -0.4 is 118 Å². The normalized spacial score (nSPS) is 17.0. The van der Waals surface area contributed by atoms with Crippen LogP contribution in [0.2, 0.25) is 0 Å². The first-order chi connectivity index (χ1) is 48.0. The van der Waals surface area contributed by atoms with Gasteiger partial charge in [0.2, 0.25) is 0 Å². The van der Waals surface area contributed by atoms with Crippen molar-refractivity contribution < 1.29 is 139 Å². The molecule has 100 heavy (non-hydrogen) atoms. The number of rotatable bonds is 10. The maximum atomic E-state index is 9.85. The average molecular weight is 1360 g/mol. The molecular formula is C91H72K2O7. The van der Waals surface area contributed by atoms with Crippen molar-refractivity contribution in [1.29, 1.82) is 0 Å². The SMILES string of the molecule is CC1C=C(C2=CC(C)c3ccccc32)c2ccccc21.COc1ccc(C2(c3ccc(OC4C=C(C5C=C(C)c6ccccc65)c5ccccc54)cc3)c3ccccc3-c3ccccc32)cc1.O=CO[O-].Oc1ccc(C2(c3ccc(O)cc3)c3ccccc3-c3ccccc32)cc1.[H-].[K+].[K+]. The maximum Gasteiger partial charge on any atom is 1.00 e. The number of phenolic OH excluding ortho intramolecular Hbond substituents is 2. The minimum atomic E-state index is -0.491. The summed E-state index contributed by atoms with van der Waals surface area (Å²) < 4.78 is 12.4. The van der Waals surface area contributed by atoms with Gasteiger partial charge in [-0.25, -0.2) is 0 Å². The number of ether oxygens (including phenoxy) is 2. The molecule has 0 spiro atoms. The fraction of sp³-hybridized carbons (Fsp3) is 0.110. The van der Waals surface area contributed by atoms with Gasteiger partial charge in [0.05, 0.1) is 17.9 Å². The zero-order valence-electron chi connectivity index (χ0n) is 57.8. The predicted octanol–water partition coefficient (Wildman–Crippen LogP) is 14.2. The maximum absolute atomic E-state index is 9.85. The number of aromatic hydroxyl groups is 2. The number of allylic oxidation sites excluding steroid dienone is 7. The fourth-order valence-electron chi connectivity index (χ4n) is 16.4. The molecule has 0 amide bonds. The van der Waals surface area contributed by atoms with Gasteiger partial charge in [0.15, 0.2) is 0 Å². The van der Waals surface area contributed by atoms with Crippen molar-refractivity contribution in [1.82, 2.24) is 0 Å². The molecule has 0 fully saturated rings. The molecule has 0 aromatic heterocycles. The van der Waals surface area contributed by atoms with Crippen LogP contribution in [0.1, 0.15) is 135 Å². The number of hydrogen-bond donors (Lipinski definition) is 2. The van der Waals surface area contributed by atoms with Crippen molar-refractivity contribution in [2.24, 2.45) is 0 Å². The van der Waals surface area contributed by atoms with E-state index in [0.29, 0.717) is 11.8 Å². The van der Waals surface area contributed by atoms with Crippen LogP contribution in [0.4, 0.5) is 0 Å². The summed E-state index contributed by atoms with van der Waals surface area (Å²) in [6.45, 7) is 6.61. The Labute approximate surface area is 671 Å². The number of hydrogen-bond acceptors (Lipinski definition) is 7. The molecule has 9 heteroatoms. The summed E-state index contributed by atoms with van der Waals surface area (Å²) in [5.41, 5.74) is 30.1. The Morgan fingerprint density at radius 3 is 1.09 bits per heavy atom. The van der Waals surface area contributed by atoms with Crippen LogP contribution in [-0.4, -0.2) is 23.8 Å². The van der Waals surface area contributed by atoms with Crippen molar-refractivity contribution in [3.63, 3.8) is 0 Å². The molecule has 0 saturated heterocycles. The molecule has 0 radical (unpaired) electrons. The Kier molecular flexibility index (Phi) is 21.0. The molecule has 18 rings (SSSR count).